The van der Waals surface area contributed by atoms with Gasteiger partial charge < -0.3 is 4.98 Å². The first-order valence-corrected chi connectivity index (χ1v) is 8.42. The lowest BCUT2D eigenvalue weighted by Crippen LogP contribution is -2.21. The van der Waals surface area contributed by atoms with Gasteiger partial charge in [-0.25, -0.2) is 13.3 Å². The Balaban J connectivity index is 1.71. The summed E-state index contributed by atoms with van der Waals surface area (Å²) >= 11 is 0. The maximum absolute atomic E-state index is 13.3. The molecule has 0 amide bonds. The van der Waals surface area contributed by atoms with Crippen LogP contribution in [0.25, 0.3) is 22.0 Å². The van der Waals surface area contributed by atoms with E-state index in [2.05, 4.69) is 15.8 Å². The average Bonchev–Trinajstić information content (AvgIpc) is 3.08. The summed E-state index contributed by atoms with van der Waals surface area (Å²) < 4.78 is 28.6. The van der Waals surface area contributed by atoms with Gasteiger partial charge >= 0.3 is 0 Å². The van der Waals surface area contributed by atoms with Gasteiger partial charge in [-0.05, 0) is 54.3 Å². The molecule has 1 saturated carbocycles. The van der Waals surface area contributed by atoms with Gasteiger partial charge in [-0.1, -0.05) is 6.07 Å². The van der Waals surface area contributed by atoms with Crippen molar-refractivity contribution in [3.8, 4) is 11.1 Å². The molecule has 1 aromatic heterocycles. The molecule has 1 spiro atoms. The van der Waals surface area contributed by atoms with E-state index in [4.69, 9.17) is 0 Å². The molecule has 2 heterocycles. The maximum Gasteiger partial charge on any atom is 0.126 e. The summed E-state index contributed by atoms with van der Waals surface area (Å²) in [4.78, 5) is 4.02. The zero-order chi connectivity index (χ0) is 14.9. The topological polar surface area (TPSA) is 44.9 Å². The number of benzene rings is 2. The molecule has 2 N–H and O–H groups in total. The first-order chi connectivity index (χ1) is 10.7. The van der Waals surface area contributed by atoms with Crippen molar-refractivity contribution in [1.82, 2.24) is 9.71 Å². The maximum atomic E-state index is 13.3. The van der Waals surface area contributed by atoms with Crippen LogP contribution < -0.4 is 4.72 Å². The van der Waals surface area contributed by atoms with E-state index < -0.39 is 11.0 Å². The van der Waals surface area contributed by atoms with Gasteiger partial charge in [-0.15, -0.1) is 0 Å². The number of nitrogens with one attached hydrogen (secondary N) is 2. The predicted molar refractivity (Wildman–Crippen MR) is 84.1 cm³/mol. The number of aromatic amines is 1. The third-order valence-corrected chi connectivity index (χ3v) is 6.02. The van der Waals surface area contributed by atoms with Gasteiger partial charge in [0.05, 0.1) is 10.4 Å². The van der Waals surface area contributed by atoms with E-state index in [0.717, 1.165) is 45.3 Å². The molecule has 1 aliphatic heterocycles. The molecule has 1 fully saturated rings. The summed E-state index contributed by atoms with van der Waals surface area (Å²) in [6.45, 7) is 0. The average molecular weight is 312 g/mol. The van der Waals surface area contributed by atoms with Crippen LogP contribution in [-0.4, -0.2) is 9.19 Å². The molecule has 5 heteroatoms. The largest absolute Gasteiger partial charge is 0.360 e. The Kier molecular flexibility index (Phi) is 2.31. The van der Waals surface area contributed by atoms with Gasteiger partial charge in [0.2, 0.25) is 0 Å². The van der Waals surface area contributed by atoms with Crippen molar-refractivity contribution in [3.63, 3.8) is 0 Å². The monoisotopic (exact) mass is 312 g/mol. The molecule has 1 aliphatic carbocycles. The molecule has 5 rings (SSSR count). The third kappa shape index (κ3) is 1.61. The second kappa shape index (κ2) is 4.06. The Morgan fingerprint density at radius 1 is 1.14 bits per heavy atom. The van der Waals surface area contributed by atoms with Gasteiger partial charge in [0, 0.05) is 22.7 Å². The summed E-state index contributed by atoms with van der Waals surface area (Å²) in [6, 6.07) is 10.9. The molecule has 1 atom stereocenters. The van der Waals surface area contributed by atoms with Gasteiger partial charge in [0.15, 0.2) is 0 Å². The minimum absolute atomic E-state index is 0.0750. The summed E-state index contributed by atoms with van der Waals surface area (Å²) in [7, 11) is -1.10. The van der Waals surface area contributed by atoms with Crippen LogP contribution >= 0.6 is 0 Å². The SMILES string of the molecule is O=S1NC2(CC2)c2cc(-c3c[nH]c4cc(F)ccc34)ccc21. The lowest BCUT2D eigenvalue weighted by molar-refractivity contribution is 0.629. The Bertz CT molecular complexity index is 958. The zero-order valence-corrected chi connectivity index (χ0v) is 12.5. The van der Waals surface area contributed by atoms with E-state index in [0.29, 0.717) is 0 Å². The molecule has 2 aromatic carbocycles. The van der Waals surface area contributed by atoms with E-state index in [9.17, 15) is 8.60 Å². The summed E-state index contributed by atoms with van der Waals surface area (Å²) in [6.07, 6.45) is 3.98. The van der Waals surface area contributed by atoms with Gasteiger partial charge in [-0.2, -0.15) is 0 Å². The predicted octanol–water partition coefficient (Wildman–Crippen LogP) is 3.59. The van der Waals surface area contributed by atoms with Gasteiger partial charge in [-0.3, -0.25) is 0 Å². The molecule has 2 aliphatic rings. The highest BCUT2D eigenvalue weighted by Gasteiger charge is 2.51. The van der Waals surface area contributed by atoms with Crippen LogP contribution in [0.2, 0.25) is 0 Å². The van der Waals surface area contributed by atoms with Crippen molar-refractivity contribution in [2.45, 2.75) is 23.3 Å². The van der Waals surface area contributed by atoms with Crippen LogP contribution in [0.4, 0.5) is 4.39 Å². The van der Waals surface area contributed by atoms with E-state index in [1.54, 1.807) is 6.07 Å². The van der Waals surface area contributed by atoms with Crippen LogP contribution in [0.3, 0.4) is 0 Å². The number of fused-ring (bicyclic) bond motifs is 3. The van der Waals surface area contributed by atoms with Crippen molar-refractivity contribution < 1.29 is 8.60 Å². The molecule has 3 nitrogen and oxygen atoms in total. The molecule has 0 bridgehead atoms. The highest BCUT2D eigenvalue weighted by Crippen LogP contribution is 2.52. The first kappa shape index (κ1) is 12.6. The van der Waals surface area contributed by atoms with Gasteiger partial charge in [0.25, 0.3) is 0 Å². The van der Waals surface area contributed by atoms with E-state index in [-0.39, 0.29) is 11.4 Å². The third-order valence-electron chi connectivity index (χ3n) is 4.69. The molecule has 3 aromatic rings. The van der Waals surface area contributed by atoms with Crippen LogP contribution in [0, 0.1) is 5.82 Å². The fourth-order valence-electron chi connectivity index (χ4n) is 3.35. The minimum atomic E-state index is -1.10. The summed E-state index contributed by atoms with van der Waals surface area (Å²) in [5, 5.41) is 0.998. The molecule has 1 unspecified atom stereocenters. The van der Waals surface area contributed by atoms with Crippen LogP contribution in [0.5, 0.6) is 0 Å². The van der Waals surface area contributed by atoms with Crippen LogP contribution in [-0.2, 0) is 16.5 Å². The number of rotatable bonds is 1. The van der Waals surface area contributed by atoms with Crippen LogP contribution in [0.15, 0.2) is 47.5 Å². The number of halogens is 1. The van der Waals surface area contributed by atoms with Crippen molar-refractivity contribution in [3.05, 3.63) is 54.0 Å². The van der Waals surface area contributed by atoms with Crippen LogP contribution in [0.1, 0.15) is 18.4 Å². The molecule has 0 radical (unpaired) electrons. The Morgan fingerprint density at radius 3 is 2.82 bits per heavy atom. The van der Waals surface area contributed by atoms with Crippen molar-refractivity contribution >= 4 is 21.9 Å². The standard InChI is InChI=1S/C17H13FN2OS/c18-11-2-3-12-13(9-19-15(12)8-11)10-1-4-16-14(7-10)17(5-6-17)20-22(16)21/h1-4,7-9,19-20H,5-6H2. The molecular formula is C17H13FN2OS. The molecule has 0 saturated heterocycles. The zero-order valence-electron chi connectivity index (χ0n) is 11.7. The molecular weight excluding hydrogens is 299 g/mol. The normalized spacial score (nSPS) is 21.4. The number of H-pyrrole nitrogens is 1. The lowest BCUT2D eigenvalue weighted by atomic mass is 9.98. The highest BCUT2D eigenvalue weighted by atomic mass is 32.2. The van der Waals surface area contributed by atoms with E-state index in [1.165, 1.54) is 12.1 Å². The number of aromatic nitrogens is 1. The van der Waals surface area contributed by atoms with E-state index >= 15 is 0 Å². The molecule has 22 heavy (non-hydrogen) atoms. The summed E-state index contributed by atoms with van der Waals surface area (Å²) in [5.74, 6) is -0.244. The Hall–Kier alpha value is -1.98. The first-order valence-electron chi connectivity index (χ1n) is 7.27. The van der Waals surface area contributed by atoms with Crippen molar-refractivity contribution in [2.75, 3.05) is 0 Å². The molecule has 110 valence electrons. The smallest absolute Gasteiger partial charge is 0.126 e. The van der Waals surface area contributed by atoms with E-state index in [1.807, 2.05) is 18.3 Å². The Morgan fingerprint density at radius 2 is 2.00 bits per heavy atom. The highest BCUT2D eigenvalue weighted by molar-refractivity contribution is 7.83. The quantitative estimate of drug-likeness (QED) is 0.708. The fourth-order valence-corrected chi connectivity index (χ4v) is 4.78. The Labute approximate surface area is 129 Å². The second-order valence-electron chi connectivity index (χ2n) is 6.06. The number of hydrogen-bond acceptors (Lipinski definition) is 1. The lowest BCUT2D eigenvalue weighted by Gasteiger charge is -2.08. The van der Waals surface area contributed by atoms with Crippen molar-refractivity contribution in [1.29, 1.82) is 0 Å². The number of hydrogen-bond donors (Lipinski definition) is 2. The minimum Gasteiger partial charge on any atom is -0.360 e. The second-order valence-corrected chi connectivity index (χ2v) is 7.24. The van der Waals surface area contributed by atoms with Gasteiger partial charge in [0.1, 0.15) is 16.8 Å². The fraction of sp³-hybridized carbons (Fsp3) is 0.176. The summed E-state index contributed by atoms with van der Waals surface area (Å²) in [5.41, 5.74) is 3.99. The van der Waals surface area contributed by atoms with Crippen molar-refractivity contribution in [2.24, 2.45) is 0 Å².